The predicted molar refractivity (Wildman–Crippen MR) is 72.3 cm³/mol. The zero-order chi connectivity index (χ0) is 13.4. The van der Waals surface area contributed by atoms with Gasteiger partial charge in [-0.1, -0.05) is 13.8 Å². The van der Waals surface area contributed by atoms with E-state index in [0.717, 1.165) is 25.1 Å². The molecule has 0 aliphatic heterocycles. The molecule has 0 radical (unpaired) electrons. The lowest BCUT2D eigenvalue weighted by molar-refractivity contribution is -0.120. The molecule has 0 bridgehead atoms. The van der Waals surface area contributed by atoms with Crippen molar-refractivity contribution in [1.82, 2.24) is 10.6 Å². The van der Waals surface area contributed by atoms with Crippen molar-refractivity contribution in [3.8, 4) is 0 Å². The first-order valence-electron chi connectivity index (χ1n) is 6.60. The molecule has 1 unspecified atom stereocenters. The Labute approximate surface area is 109 Å². The second-order valence-electron chi connectivity index (χ2n) is 5.10. The number of carbonyl (C=O) groups is 1. The van der Waals surface area contributed by atoms with Crippen LogP contribution < -0.4 is 10.6 Å². The molecule has 2 N–H and O–H groups in total. The Balaban J connectivity index is 2.09. The molecular weight excluding hydrogens is 228 g/mol. The lowest BCUT2D eigenvalue weighted by Gasteiger charge is -2.13. The van der Waals surface area contributed by atoms with Crippen LogP contribution in [0.25, 0.3) is 0 Å². The lowest BCUT2D eigenvalue weighted by Crippen LogP contribution is -2.39. The third-order valence-corrected chi connectivity index (χ3v) is 2.72. The fraction of sp³-hybridized carbons (Fsp3) is 0.643. The molecule has 18 heavy (non-hydrogen) atoms. The summed E-state index contributed by atoms with van der Waals surface area (Å²) < 4.78 is 5.27. The highest BCUT2D eigenvalue weighted by molar-refractivity contribution is 5.77. The van der Waals surface area contributed by atoms with E-state index in [1.165, 1.54) is 0 Å². The molecule has 0 saturated heterocycles. The average Bonchev–Trinajstić information content (AvgIpc) is 2.84. The molecule has 4 heteroatoms. The van der Waals surface area contributed by atoms with Gasteiger partial charge < -0.3 is 15.1 Å². The molecule has 1 aromatic rings. The van der Waals surface area contributed by atoms with Crippen molar-refractivity contribution in [1.29, 1.82) is 0 Å². The van der Waals surface area contributed by atoms with Crippen molar-refractivity contribution >= 4 is 5.91 Å². The van der Waals surface area contributed by atoms with Crippen LogP contribution in [0, 0.1) is 5.92 Å². The second-order valence-corrected chi connectivity index (χ2v) is 5.10. The summed E-state index contributed by atoms with van der Waals surface area (Å²) in [6, 6.07) is 4.18. The number of hydrogen-bond donors (Lipinski definition) is 2. The monoisotopic (exact) mass is 252 g/mol. The van der Waals surface area contributed by atoms with Gasteiger partial charge in [0.1, 0.15) is 5.76 Å². The Bertz CT molecular complexity index is 334. The predicted octanol–water partition coefficient (Wildman–Crippen LogP) is 1.96. The van der Waals surface area contributed by atoms with Crippen LogP contribution >= 0.6 is 0 Å². The minimum Gasteiger partial charge on any atom is -0.469 e. The molecule has 102 valence electrons. The molecule has 0 saturated carbocycles. The molecule has 1 rings (SSSR count). The van der Waals surface area contributed by atoms with Crippen LogP contribution in [0.4, 0.5) is 0 Å². The SMILES string of the molecule is CC(C)CNC(=O)CNC(C)CCc1ccco1. The summed E-state index contributed by atoms with van der Waals surface area (Å²) >= 11 is 0. The van der Waals surface area contributed by atoms with E-state index in [1.54, 1.807) is 6.26 Å². The summed E-state index contributed by atoms with van der Waals surface area (Å²) in [5.41, 5.74) is 0. The fourth-order valence-corrected chi connectivity index (χ4v) is 1.56. The summed E-state index contributed by atoms with van der Waals surface area (Å²) in [5.74, 6) is 1.55. The van der Waals surface area contributed by atoms with Gasteiger partial charge in [0.05, 0.1) is 12.8 Å². The Kier molecular flexibility index (Phi) is 6.50. The van der Waals surface area contributed by atoms with Crippen molar-refractivity contribution in [2.45, 2.75) is 39.7 Å². The summed E-state index contributed by atoms with van der Waals surface area (Å²) in [5, 5.41) is 6.10. The quantitative estimate of drug-likeness (QED) is 0.743. The zero-order valence-electron chi connectivity index (χ0n) is 11.5. The van der Waals surface area contributed by atoms with Crippen molar-refractivity contribution < 1.29 is 9.21 Å². The first-order chi connectivity index (χ1) is 8.58. The maximum Gasteiger partial charge on any atom is 0.233 e. The molecule has 0 aromatic carbocycles. The fourth-order valence-electron chi connectivity index (χ4n) is 1.56. The van der Waals surface area contributed by atoms with Crippen molar-refractivity contribution in [2.24, 2.45) is 5.92 Å². The van der Waals surface area contributed by atoms with Crippen LogP contribution in [-0.4, -0.2) is 25.0 Å². The van der Waals surface area contributed by atoms with E-state index in [9.17, 15) is 4.79 Å². The molecule has 0 aliphatic carbocycles. The van der Waals surface area contributed by atoms with Crippen LogP contribution in [0.3, 0.4) is 0 Å². The number of hydrogen-bond acceptors (Lipinski definition) is 3. The minimum absolute atomic E-state index is 0.0635. The van der Waals surface area contributed by atoms with E-state index in [1.807, 2.05) is 12.1 Å². The molecule has 0 fully saturated rings. The maximum atomic E-state index is 11.5. The molecular formula is C14H24N2O2. The first-order valence-corrected chi connectivity index (χ1v) is 6.60. The Morgan fingerprint density at radius 1 is 1.39 bits per heavy atom. The van der Waals surface area contributed by atoms with Gasteiger partial charge in [-0.3, -0.25) is 4.79 Å². The third kappa shape index (κ3) is 6.45. The average molecular weight is 252 g/mol. The van der Waals surface area contributed by atoms with Gasteiger partial charge in [-0.15, -0.1) is 0 Å². The molecule has 1 atom stereocenters. The van der Waals surface area contributed by atoms with E-state index in [2.05, 4.69) is 31.4 Å². The van der Waals surface area contributed by atoms with E-state index < -0.39 is 0 Å². The molecule has 1 heterocycles. The molecule has 0 spiro atoms. The maximum absolute atomic E-state index is 11.5. The van der Waals surface area contributed by atoms with Gasteiger partial charge in [0.15, 0.2) is 0 Å². The number of aryl methyl sites for hydroxylation is 1. The van der Waals surface area contributed by atoms with E-state index in [0.29, 0.717) is 18.5 Å². The summed E-state index contributed by atoms with van der Waals surface area (Å²) in [7, 11) is 0. The standard InChI is InChI=1S/C14H24N2O2/c1-11(2)9-16-14(17)10-15-12(3)6-7-13-5-4-8-18-13/h4-5,8,11-12,15H,6-7,9-10H2,1-3H3,(H,16,17). The smallest absolute Gasteiger partial charge is 0.233 e. The van der Waals surface area contributed by atoms with Gasteiger partial charge in [0.25, 0.3) is 0 Å². The van der Waals surface area contributed by atoms with Gasteiger partial charge in [-0.2, -0.15) is 0 Å². The zero-order valence-corrected chi connectivity index (χ0v) is 11.5. The van der Waals surface area contributed by atoms with E-state index in [-0.39, 0.29) is 5.91 Å². The molecule has 1 aromatic heterocycles. The van der Waals surface area contributed by atoms with E-state index in [4.69, 9.17) is 4.42 Å². The number of carbonyl (C=O) groups excluding carboxylic acids is 1. The van der Waals surface area contributed by atoms with Gasteiger partial charge >= 0.3 is 0 Å². The highest BCUT2D eigenvalue weighted by Crippen LogP contribution is 2.05. The molecule has 1 amide bonds. The number of rotatable bonds is 8. The number of furan rings is 1. The van der Waals surface area contributed by atoms with Crippen LogP contribution in [0.2, 0.25) is 0 Å². The van der Waals surface area contributed by atoms with Gasteiger partial charge in [-0.25, -0.2) is 0 Å². The first kappa shape index (κ1) is 14.8. The van der Waals surface area contributed by atoms with Crippen LogP contribution in [-0.2, 0) is 11.2 Å². The van der Waals surface area contributed by atoms with Crippen molar-refractivity contribution in [3.63, 3.8) is 0 Å². The highest BCUT2D eigenvalue weighted by atomic mass is 16.3. The lowest BCUT2D eigenvalue weighted by atomic mass is 10.1. The van der Waals surface area contributed by atoms with Crippen LogP contribution in [0.1, 0.15) is 33.0 Å². The topological polar surface area (TPSA) is 54.3 Å². The largest absolute Gasteiger partial charge is 0.469 e. The Morgan fingerprint density at radius 2 is 2.17 bits per heavy atom. The van der Waals surface area contributed by atoms with Crippen LogP contribution in [0.15, 0.2) is 22.8 Å². The van der Waals surface area contributed by atoms with Crippen LogP contribution in [0.5, 0.6) is 0 Å². The van der Waals surface area contributed by atoms with Crippen molar-refractivity contribution in [3.05, 3.63) is 24.2 Å². The Hall–Kier alpha value is -1.29. The second kappa shape index (κ2) is 7.93. The van der Waals surface area contributed by atoms with Gasteiger partial charge in [-0.05, 0) is 31.4 Å². The Morgan fingerprint density at radius 3 is 2.78 bits per heavy atom. The molecule has 4 nitrogen and oxygen atoms in total. The minimum atomic E-state index is 0.0635. The number of nitrogens with one attached hydrogen (secondary N) is 2. The highest BCUT2D eigenvalue weighted by Gasteiger charge is 2.07. The van der Waals surface area contributed by atoms with E-state index >= 15 is 0 Å². The third-order valence-electron chi connectivity index (χ3n) is 2.72. The summed E-state index contributed by atoms with van der Waals surface area (Å²) in [6.07, 6.45) is 3.55. The normalized spacial score (nSPS) is 12.7. The number of amides is 1. The van der Waals surface area contributed by atoms with Gasteiger partial charge in [0, 0.05) is 19.0 Å². The van der Waals surface area contributed by atoms with Gasteiger partial charge in [0.2, 0.25) is 5.91 Å². The van der Waals surface area contributed by atoms with Crippen molar-refractivity contribution in [2.75, 3.05) is 13.1 Å². The summed E-state index contributed by atoms with van der Waals surface area (Å²) in [4.78, 5) is 11.5. The molecule has 0 aliphatic rings. The summed E-state index contributed by atoms with van der Waals surface area (Å²) in [6.45, 7) is 7.37.